The van der Waals surface area contributed by atoms with Crippen molar-refractivity contribution >= 4 is 11.7 Å². The summed E-state index contributed by atoms with van der Waals surface area (Å²) in [7, 11) is 1.65. The van der Waals surface area contributed by atoms with Crippen molar-refractivity contribution < 1.29 is 9.53 Å². The second kappa shape index (κ2) is 7.77. The molecule has 1 aromatic carbocycles. The van der Waals surface area contributed by atoms with Crippen molar-refractivity contribution in [1.82, 2.24) is 15.3 Å². The Morgan fingerprint density at radius 2 is 2.00 bits per heavy atom. The van der Waals surface area contributed by atoms with E-state index >= 15 is 0 Å². The first-order valence-electron chi connectivity index (χ1n) is 8.25. The summed E-state index contributed by atoms with van der Waals surface area (Å²) in [6, 6.07) is 7.80. The summed E-state index contributed by atoms with van der Waals surface area (Å²) >= 11 is 0. The molecule has 1 saturated heterocycles. The summed E-state index contributed by atoms with van der Waals surface area (Å²) in [5, 5.41) is 2.88. The number of ether oxygens (including phenoxy) is 1. The minimum absolute atomic E-state index is 0.203. The SMILES string of the molecule is COc1ccccc1CCNC(=O)c1cnc(N2CCCC2)cn1. The van der Waals surface area contributed by atoms with Crippen LogP contribution in [-0.4, -0.2) is 42.6 Å². The molecule has 0 radical (unpaired) electrons. The number of anilines is 1. The first-order valence-corrected chi connectivity index (χ1v) is 8.25. The molecule has 0 bridgehead atoms. The van der Waals surface area contributed by atoms with Crippen molar-refractivity contribution in [3.05, 3.63) is 47.9 Å². The van der Waals surface area contributed by atoms with Crippen LogP contribution in [0.15, 0.2) is 36.7 Å². The lowest BCUT2D eigenvalue weighted by atomic mass is 10.1. The number of nitrogens with one attached hydrogen (secondary N) is 1. The molecule has 0 unspecified atom stereocenters. The zero-order valence-corrected chi connectivity index (χ0v) is 13.9. The van der Waals surface area contributed by atoms with Gasteiger partial charge >= 0.3 is 0 Å². The monoisotopic (exact) mass is 326 g/mol. The van der Waals surface area contributed by atoms with Crippen molar-refractivity contribution in [3.8, 4) is 5.75 Å². The van der Waals surface area contributed by atoms with E-state index in [1.165, 1.54) is 12.8 Å². The zero-order chi connectivity index (χ0) is 16.8. The molecule has 24 heavy (non-hydrogen) atoms. The van der Waals surface area contributed by atoms with E-state index in [9.17, 15) is 4.79 Å². The molecule has 6 heteroatoms. The lowest BCUT2D eigenvalue weighted by Gasteiger charge is -2.15. The molecule has 6 nitrogen and oxygen atoms in total. The van der Waals surface area contributed by atoms with E-state index in [0.717, 1.165) is 30.2 Å². The molecule has 0 saturated carbocycles. The van der Waals surface area contributed by atoms with Gasteiger partial charge in [0.2, 0.25) is 0 Å². The maximum atomic E-state index is 12.2. The number of carbonyl (C=O) groups is 1. The average Bonchev–Trinajstić information content (AvgIpc) is 3.17. The van der Waals surface area contributed by atoms with Gasteiger partial charge < -0.3 is 15.0 Å². The summed E-state index contributed by atoms with van der Waals surface area (Å²) in [6.45, 7) is 2.55. The molecule has 1 fully saturated rings. The maximum Gasteiger partial charge on any atom is 0.271 e. The van der Waals surface area contributed by atoms with Crippen LogP contribution in [0.5, 0.6) is 5.75 Å². The minimum Gasteiger partial charge on any atom is -0.496 e. The fourth-order valence-corrected chi connectivity index (χ4v) is 2.86. The van der Waals surface area contributed by atoms with E-state index < -0.39 is 0 Å². The smallest absolute Gasteiger partial charge is 0.271 e. The first-order chi connectivity index (χ1) is 11.8. The summed E-state index contributed by atoms with van der Waals surface area (Å²) in [5.41, 5.74) is 1.41. The Balaban J connectivity index is 1.53. The molecule has 1 aliphatic rings. The van der Waals surface area contributed by atoms with Gasteiger partial charge in [-0.2, -0.15) is 0 Å². The van der Waals surface area contributed by atoms with Crippen LogP contribution in [0.1, 0.15) is 28.9 Å². The highest BCUT2D eigenvalue weighted by atomic mass is 16.5. The molecule has 0 atom stereocenters. The number of hydrogen-bond donors (Lipinski definition) is 1. The van der Waals surface area contributed by atoms with Crippen LogP contribution >= 0.6 is 0 Å². The van der Waals surface area contributed by atoms with Crippen LogP contribution in [0.25, 0.3) is 0 Å². The number of nitrogens with zero attached hydrogens (tertiary/aromatic N) is 3. The molecule has 0 aliphatic carbocycles. The summed E-state index contributed by atoms with van der Waals surface area (Å²) < 4.78 is 5.31. The third kappa shape index (κ3) is 3.82. The Morgan fingerprint density at radius 1 is 1.21 bits per heavy atom. The second-order valence-electron chi connectivity index (χ2n) is 5.77. The highest BCUT2D eigenvalue weighted by molar-refractivity contribution is 5.92. The van der Waals surface area contributed by atoms with E-state index in [0.29, 0.717) is 18.7 Å². The van der Waals surface area contributed by atoms with Crippen molar-refractivity contribution in [3.63, 3.8) is 0 Å². The Bertz CT molecular complexity index is 682. The van der Waals surface area contributed by atoms with Gasteiger partial charge in [0.1, 0.15) is 17.3 Å². The minimum atomic E-state index is -0.203. The number of amides is 1. The van der Waals surface area contributed by atoms with E-state index in [2.05, 4.69) is 20.2 Å². The van der Waals surface area contributed by atoms with Gasteiger partial charge in [-0.25, -0.2) is 9.97 Å². The molecule has 126 valence electrons. The normalized spacial score (nSPS) is 13.8. The largest absolute Gasteiger partial charge is 0.496 e. The highest BCUT2D eigenvalue weighted by Crippen LogP contribution is 2.18. The number of aromatic nitrogens is 2. The zero-order valence-electron chi connectivity index (χ0n) is 13.9. The molecule has 1 aromatic heterocycles. The quantitative estimate of drug-likeness (QED) is 0.880. The summed E-state index contributed by atoms with van der Waals surface area (Å²) in [5.74, 6) is 1.48. The molecular weight excluding hydrogens is 304 g/mol. The van der Waals surface area contributed by atoms with Crippen LogP contribution in [0.3, 0.4) is 0 Å². The van der Waals surface area contributed by atoms with Crippen molar-refractivity contribution in [2.45, 2.75) is 19.3 Å². The molecule has 1 aliphatic heterocycles. The Kier molecular flexibility index (Phi) is 5.25. The number of carbonyl (C=O) groups excluding carboxylic acids is 1. The first kappa shape index (κ1) is 16.2. The summed E-state index contributed by atoms with van der Waals surface area (Å²) in [4.78, 5) is 23.0. The number of para-hydroxylation sites is 1. The number of rotatable bonds is 6. The Labute approximate surface area is 141 Å². The van der Waals surface area contributed by atoms with Crippen LogP contribution in [0, 0.1) is 0 Å². The number of methoxy groups -OCH3 is 1. The van der Waals surface area contributed by atoms with Gasteiger partial charge in [0.25, 0.3) is 5.91 Å². The molecule has 2 aromatic rings. The van der Waals surface area contributed by atoms with E-state index in [1.807, 2.05) is 24.3 Å². The predicted molar refractivity (Wildman–Crippen MR) is 92.5 cm³/mol. The highest BCUT2D eigenvalue weighted by Gasteiger charge is 2.15. The number of benzene rings is 1. The maximum absolute atomic E-state index is 12.2. The third-order valence-corrected chi connectivity index (χ3v) is 4.17. The van der Waals surface area contributed by atoms with Crippen molar-refractivity contribution in [1.29, 1.82) is 0 Å². The van der Waals surface area contributed by atoms with Gasteiger partial charge in [-0.05, 0) is 30.9 Å². The van der Waals surface area contributed by atoms with Crippen LogP contribution < -0.4 is 15.0 Å². The second-order valence-corrected chi connectivity index (χ2v) is 5.77. The number of hydrogen-bond acceptors (Lipinski definition) is 5. The van der Waals surface area contributed by atoms with E-state index in [4.69, 9.17) is 4.74 Å². The lowest BCUT2D eigenvalue weighted by Crippen LogP contribution is -2.27. The Morgan fingerprint density at radius 3 is 2.71 bits per heavy atom. The fourth-order valence-electron chi connectivity index (χ4n) is 2.86. The van der Waals surface area contributed by atoms with E-state index in [1.54, 1.807) is 19.5 Å². The van der Waals surface area contributed by atoms with Gasteiger partial charge in [-0.3, -0.25) is 4.79 Å². The van der Waals surface area contributed by atoms with E-state index in [-0.39, 0.29) is 5.91 Å². The molecule has 1 N–H and O–H groups in total. The molecule has 2 heterocycles. The molecular formula is C18H22N4O2. The van der Waals surface area contributed by atoms with Gasteiger partial charge in [-0.15, -0.1) is 0 Å². The van der Waals surface area contributed by atoms with Crippen molar-refractivity contribution in [2.75, 3.05) is 31.6 Å². The Hall–Kier alpha value is -2.63. The van der Waals surface area contributed by atoms with Crippen LogP contribution in [0.2, 0.25) is 0 Å². The standard InChI is InChI=1S/C18H22N4O2/c1-24-16-7-3-2-6-14(16)8-9-19-18(23)15-12-21-17(13-20-15)22-10-4-5-11-22/h2-3,6-7,12-13H,4-5,8-11H2,1H3,(H,19,23). The molecule has 1 amide bonds. The van der Waals surface area contributed by atoms with Crippen LogP contribution in [0.4, 0.5) is 5.82 Å². The average molecular weight is 326 g/mol. The fraction of sp³-hybridized carbons (Fsp3) is 0.389. The van der Waals surface area contributed by atoms with Gasteiger partial charge in [0.15, 0.2) is 0 Å². The van der Waals surface area contributed by atoms with Crippen LogP contribution in [-0.2, 0) is 6.42 Å². The summed E-state index contributed by atoms with van der Waals surface area (Å²) in [6.07, 6.45) is 6.31. The molecule has 3 rings (SSSR count). The third-order valence-electron chi connectivity index (χ3n) is 4.17. The lowest BCUT2D eigenvalue weighted by molar-refractivity contribution is 0.0948. The topological polar surface area (TPSA) is 67.3 Å². The van der Waals surface area contributed by atoms with Gasteiger partial charge in [0.05, 0.1) is 19.5 Å². The van der Waals surface area contributed by atoms with Gasteiger partial charge in [-0.1, -0.05) is 18.2 Å². The van der Waals surface area contributed by atoms with Crippen molar-refractivity contribution in [2.24, 2.45) is 0 Å². The van der Waals surface area contributed by atoms with Gasteiger partial charge in [0, 0.05) is 19.6 Å². The predicted octanol–water partition coefficient (Wildman–Crippen LogP) is 2.06. The molecule has 0 spiro atoms.